The summed E-state index contributed by atoms with van der Waals surface area (Å²) in [6, 6.07) is -0.570. The summed E-state index contributed by atoms with van der Waals surface area (Å²) in [6.45, 7) is 8.36. The summed E-state index contributed by atoms with van der Waals surface area (Å²) in [5, 5.41) is 14.4. The molecule has 4 atom stereocenters. The van der Waals surface area contributed by atoms with Crippen LogP contribution in [0.15, 0.2) is 0 Å². The summed E-state index contributed by atoms with van der Waals surface area (Å²) in [5.41, 5.74) is -1.76. The van der Waals surface area contributed by atoms with Crippen molar-refractivity contribution in [3.63, 3.8) is 0 Å². The first-order chi connectivity index (χ1) is 13.0. The molecule has 9 heteroatoms. The van der Waals surface area contributed by atoms with Gasteiger partial charge >= 0.3 is 18.1 Å². The fraction of sp³-hybridized carbons (Fsp3) is 0.789. The Morgan fingerprint density at radius 3 is 2.29 bits per heavy atom. The number of aliphatic carboxylic acids is 1. The molecule has 3 rings (SSSR count). The predicted octanol–water partition coefficient (Wildman–Crippen LogP) is 1.57. The van der Waals surface area contributed by atoms with Gasteiger partial charge in [0.2, 0.25) is 0 Å². The molecule has 3 fully saturated rings. The molecule has 2 heterocycles. The van der Waals surface area contributed by atoms with Gasteiger partial charge in [0.1, 0.15) is 11.1 Å². The molecular formula is C19H29N3O6. The number of nitrogens with zero attached hydrogens (tertiary/aromatic N) is 1. The second-order valence-electron chi connectivity index (χ2n) is 9.16. The SMILES string of the molecule is CC(C1CCN(C(=O)OC(C)(C)C)CC1)C1(C2CC2C(=O)O)NC(=O)NC1=O. The number of rotatable bonds is 4. The lowest BCUT2D eigenvalue weighted by Crippen LogP contribution is -2.58. The van der Waals surface area contributed by atoms with Crippen molar-refractivity contribution < 1.29 is 29.0 Å². The highest BCUT2D eigenvalue weighted by Gasteiger charge is 2.66. The predicted molar refractivity (Wildman–Crippen MR) is 98.3 cm³/mol. The maximum atomic E-state index is 12.7. The molecule has 0 bridgehead atoms. The van der Waals surface area contributed by atoms with Crippen LogP contribution in [0, 0.1) is 23.7 Å². The van der Waals surface area contributed by atoms with E-state index in [2.05, 4.69) is 10.6 Å². The third-order valence-corrected chi connectivity index (χ3v) is 6.23. The number of carbonyl (C=O) groups excluding carboxylic acids is 3. The van der Waals surface area contributed by atoms with E-state index in [9.17, 15) is 24.3 Å². The zero-order valence-electron chi connectivity index (χ0n) is 16.8. The van der Waals surface area contributed by atoms with Gasteiger partial charge in [0.05, 0.1) is 5.92 Å². The Balaban J connectivity index is 1.69. The van der Waals surface area contributed by atoms with E-state index >= 15 is 0 Å². The fourth-order valence-electron chi connectivity index (χ4n) is 4.65. The summed E-state index contributed by atoms with van der Waals surface area (Å²) in [6.07, 6.45) is 1.35. The molecule has 3 aliphatic rings. The van der Waals surface area contributed by atoms with Gasteiger partial charge in [0.15, 0.2) is 0 Å². The lowest BCUT2D eigenvalue weighted by atomic mass is 9.70. The van der Waals surface area contributed by atoms with Crippen LogP contribution in [-0.2, 0) is 14.3 Å². The summed E-state index contributed by atoms with van der Waals surface area (Å²) in [5.74, 6) is -2.56. The molecule has 2 saturated heterocycles. The highest BCUT2D eigenvalue weighted by Crippen LogP contribution is 2.53. The molecule has 28 heavy (non-hydrogen) atoms. The Morgan fingerprint density at radius 1 is 1.25 bits per heavy atom. The average Bonchev–Trinajstić information content (AvgIpc) is 3.33. The van der Waals surface area contributed by atoms with Crippen LogP contribution < -0.4 is 10.6 Å². The number of carboxylic acid groups (broad SMARTS) is 1. The lowest BCUT2D eigenvalue weighted by Gasteiger charge is -2.42. The molecule has 4 amide bonds. The molecule has 9 nitrogen and oxygen atoms in total. The molecule has 0 spiro atoms. The first-order valence-electron chi connectivity index (χ1n) is 9.80. The summed E-state index contributed by atoms with van der Waals surface area (Å²) >= 11 is 0. The van der Waals surface area contributed by atoms with E-state index in [1.807, 2.05) is 27.7 Å². The highest BCUT2D eigenvalue weighted by molar-refractivity contribution is 6.08. The van der Waals surface area contributed by atoms with Gasteiger partial charge in [-0.2, -0.15) is 0 Å². The molecule has 0 aromatic heterocycles. The Labute approximate surface area is 164 Å². The number of ether oxygens (including phenoxy) is 1. The standard InChI is InChI=1S/C19H29N3O6/c1-10(11-5-7-22(8-6-11)17(27)28-18(2,3)4)19(13-9-12(13)14(23)24)15(25)20-16(26)21-19/h10-13H,5-9H2,1-4H3,(H,23,24)(H2,20,21,25,26). The van der Waals surface area contributed by atoms with Gasteiger partial charge in [-0.05, 0) is 51.9 Å². The molecule has 0 aromatic carbocycles. The minimum atomic E-state index is -1.20. The van der Waals surface area contributed by atoms with Crippen LogP contribution in [0.4, 0.5) is 9.59 Å². The van der Waals surface area contributed by atoms with Gasteiger partial charge in [0, 0.05) is 19.0 Å². The number of likely N-dealkylation sites (tertiary alicyclic amines) is 1. The van der Waals surface area contributed by atoms with Crippen LogP contribution in [0.5, 0.6) is 0 Å². The maximum absolute atomic E-state index is 12.7. The summed E-state index contributed by atoms with van der Waals surface area (Å²) in [4.78, 5) is 49.9. The first kappa shape index (κ1) is 20.4. The molecule has 1 aliphatic carbocycles. The zero-order chi connectivity index (χ0) is 20.9. The van der Waals surface area contributed by atoms with Gasteiger partial charge in [-0.3, -0.25) is 14.9 Å². The maximum Gasteiger partial charge on any atom is 0.410 e. The van der Waals surface area contributed by atoms with Crippen LogP contribution in [0.2, 0.25) is 0 Å². The number of hydrogen-bond donors (Lipinski definition) is 3. The van der Waals surface area contributed by atoms with Crippen molar-refractivity contribution in [3.8, 4) is 0 Å². The quantitative estimate of drug-likeness (QED) is 0.621. The number of amides is 4. The van der Waals surface area contributed by atoms with Crippen LogP contribution in [-0.4, -0.2) is 58.2 Å². The van der Waals surface area contributed by atoms with E-state index in [0.717, 1.165) is 0 Å². The van der Waals surface area contributed by atoms with Crippen molar-refractivity contribution in [2.75, 3.05) is 13.1 Å². The van der Waals surface area contributed by atoms with Gasteiger partial charge < -0.3 is 20.1 Å². The summed E-state index contributed by atoms with van der Waals surface area (Å²) in [7, 11) is 0. The fourth-order valence-corrected chi connectivity index (χ4v) is 4.65. The molecule has 4 unspecified atom stereocenters. The molecule has 1 saturated carbocycles. The van der Waals surface area contributed by atoms with Crippen LogP contribution in [0.1, 0.15) is 47.0 Å². The highest BCUT2D eigenvalue weighted by atomic mass is 16.6. The Kier molecular flexibility index (Phi) is 5.05. The van der Waals surface area contributed by atoms with Gasteiger partial charge in [-0.1, -0.05) is 6.92 Å². The number of piperidine rings is 1. The number of imide groups is 1. The van der Waals surface area contributed by atoms with E-state index in [0.29, 0.717) is 32.4 Å². The van der Waals surface area contributed by atoms with Crippen LogP contribution in [0.3, 0.4) is 0 Å². The average molecular weight is 395 g/mol. The van der Waals surface area contributed by atoms with E-state index in [1.165, 1.54) is 0 Å². The normalized spacial score (nSPS) is 31.8. The largest absolute Gasteiger partial charge is 0.481 e. The number of carboxylic acids is 1. The van der Waals surface area contributed by atoms with Gasteiger partial charge in [-0.15, -0.1) is 0 Å². The lowest BCUT2D eigenvalue weighted by molar-refractivity contribution is -0.139. The topological polar surface area (TPSA) is 125 Å². The van der Waals surface area contributed by atoms with Crippen molar-refractivity contribution in [2.24, 2.45) is 23.7 Å². The zero-order valence-corrected chi connectivity index (χ0v) is 16.8. The molecular weight excluding hydrogens is 366 g/mol. The van der Waals surface area contributed by atoms with Crippen LogP contribution >= 0.6 is 0 Å². The number of urea groups is 1. The molecule has 0 radical (unpaired) electrons. The Hall–Kier alpha value is -2.32. The third kappa shape index (κ3) is 3.66. The van der Waals surface area contributed by atoms with E-state index in [4.69, 9.17) is 4.74 Å². The molecule has 3 N–H and O–H groups in total. The smallest absolute Gasteiger partial charge is 0.410 e. The number of nitrogens with one attached hydrogen (secondary N) is 2. The molecule has 0 aromatic rings. The second kappa shape index (κ2) is 6.93. The van der Waals surface area contributed by atoms with Crippen molar-refractivity contribution >= 4 is 24.0 Å². The Morgan fingerprint density at radius 2 is 1.86 bits per heavy atom. The minimum absolute atomic E-state index is 0.0814. The molecule has 156 valence electrons. The Bertz CT molecular complexity index is 694. The first-order valence-corrected chi connectivity index (χ1v) is 9.80. The van der Waals surface area contributed by atoms with Crippen molar-refractivity contribution in [1.82, 2.24) is 15.5 Å². The number of hydrogen-bond acceptors (Lipinski definition) is 5. The van der Waals surface area contributed by atoms with Crippen molar-refractivity contribution in [1.29, 1.82) is 0 Å². The minimum Gasteiger partial charge on any atom is -0.481 e. The molecule has 2 aliphatic heterocycles. The van der Waals surface area contributed by atoms with E-state index in [1.54, 1.807) is 4.90 Å². The number of carbonyl (C=O) groups is 4. The van der Waals surface area contributed by atoms with Crippen molar-refractivity contribution in [3.05, 3.63) is 0 Å². The van der Waals surface area contributed by atoms with Gasteiger partial charge in [0.25, 0.3) is 5.91 Å². The summed E-state index contributed by atoms with van der Waals surface area (Å²) < 4.78 is 5.41. The van der Waals surface area contributed by atoms with Crippen LogP contribution in [0.25, 0.3) is 0 Å². The van der Waals surface area contributed by atoms with Crippen molar-refractivity contribution in [2.45, 2.75) is 58.1 Å². The third-order valence-electron chi connectivity index (χ3n) is 6.23. The van der Waals surface area contributed by atoms with Gasteiger partial charge in [-0.25, -0.2) is 9.59 Å². The van der Waals surface area contributed by atoms with E-state index in [-0.39, 0.29) is 17.9 Å². The second-order valence-corrected chi connectivity index (χ2v) is 9.16. The van der Waals surface area contributed by atoms with E-state index < -0.39 is 40.9 Å². The monoisotopic (exact) mass is 395 g/mol.